The molecule has 2 heterocycles. The number of hydrogen-bond donors (Lipinski definition) is 0. The van der Waals surface area contributed by atoms with Crippen molar-refractivity contribution in [3.05, 3.63) is 47.8 Å². The SMILES string of the molecule is Cc1ccnc(-c2cc(C)ccn2)c1.[CH-]=O.[CH-]=O.[Cl][Ru+2][Cl]. The van der Waals surface area contributed by atoms with Crippen LogP contribution in [-0.4, -0.2) is 23.5 Å². The van der Waals surface area contributed by atoms with E-state index in [2.05, 4.69) is 37.4 Å². The molecule has 0 atom stereocenters. The van der Waals surface area contributed by atoms with Gasteiger partial charge < -0.3 is 9.59 Å². The van der Waals surface area contributed by atoms with Crippen molar-refractivity contribution in [2.45, 2.75) is 13.8 Å². The number of halogens is 2. The Labute approximate surface area is 140 Å². The van der Waals surface area contributed by atoms with Crippen LogP contribution in [0.25, 0.3) is 11.4 Å². The summed E-state index contributed by atoms with van der Waals surface area (Å²) in [5.41, 5.74) is 4.29. The molecule has 0 saturated heterocycles. The fraction of sp³-hybridized carbons (Fsp3) is 0.143. The van der Waals surface area contributed by atoms with Crippen molar-refractivity contribution < 1.29 is 24.7 Å². The van der Waals surface area contributed by atoms with Gasteiger partial charge in [0.05, 0.1) is 11.4 Å². The van der Waals surface area contributed by atoms with Crippen molar-refractivity contribution in [2.24, 2.45) is 0 Å². The van der Waals surface area contributed by atoms with E-state index in [4.69, 9.17) is 29.0 Å². The first kappa shape index (κ1) is 22.1. The molecule has 0 saturated carbocycles. The normalized spacial score (nSPS) is 8.00. The Hall–Kier alpha value is -1.16. The molecule has 0 aromatic carbocycles. The standard InChI is InChI=1S/C12H12N2.2CHO.2ClH.Ru/c1-9-3-5-13-11(7-9)12-8-10(2)4-6-14-12;2*1-2;;;/h3-8H,1-2H3;2*1H;2*1H;/q;2*-1;;;+4/p-2. The minimum absolute atomic E-state index is 0.346. The summed E-state index contributed by atoms with van der Waals surface area (Å²) in [5, 5.41) is 0. The number of aromatic nitrogens is 2. The molecule has 7 heteroatoms. The molecule has 0 spiro atoms. The number of nitrogens with zero attached hydrogens (tertiary/aromatic N) is 2. The molecule has 4 nitrogen and oxygen atoms in total. The van der Waals surface area contributed by atoms with Gasteiger partial charge in [-0.05, 0) is 49.2 Å². The van der Waals surface area contributed by atoms with Crippen LogP contribution in [0.5, 0.6) is 0 Å². The Kier molecular flexibility index (Phi) is 16.1. The third kappa shape index (κ3) is 10.2. The molecule has 0 amide bonds. The molecule has 0 aliphatic heterocycles. The van der Waals surface area contributed by atoms with Crippen LogP contribution in [0.3, 0.4) is 0 Å². The van der Waals surface area contributed by atoms with E-state index >= 15 is 0 Å². The predicted octanol–water partition coefficient (Wildman–Crippen LogP) is 3.59. The summed E-state index contributed by atoms with van der Waals surface area (Å²) in [4.78, 5) is 24.1. The molecule has 2 aromatic rings. The van der Waals surface area contributed by atoms with Crippen LogP contribution in [-0.2, 0) is 24.7 Å². The molecule has 114 valence electrons. The van der Waals surface area contributed by atoms with Crippen molar-refractivity contribution in [3.63, 3.8) is 0 Å². The number of aryl methyl sites for hydroxylation is 2. The minimum atomic E-state index is -0.346. The number of hydrogen-bond acceptors (Lipinski definition) is 4. The van der Waals surface area contributed by atoms with Crippen LogP contribution < -0.4 is 0 Å². The van der Waals surface area contributed by atoms with Gasteiger partial charge in [0.25, 0.3) is 0 Å². The number of rotatable bonds is 1. The van der Waals surface area contributed by atoms with Gasteiger partial charge in [0.2, 0.25) is 0 Å². The van der Waals surface area contributed by atoms with Gasteiger partial charge >= 0.3 is 34.5 Å². The quantitative estimate of drug-likeness (QED) is 0.407. The van der Waals surface area contributed by atoms with E-state index in [1.54, 1.807) is 0 Å². The van der Waals surface area contributed by atoms with Crippen LogP contribution in [0.4, 0.5) is 0 Å². The maximum atomic E-state index is 7.75. The van der Waals surface area contributed by atoms with Crippen LogP contribution in [0.1, 0.15) is 11.1 Å². The number of carbonyl (C=O) groups excluding carboxylic acids is 2. The van der Waals surface area contributed by atoms with Crippen molar-refractivity contribution >= 4 is 33.0 Å². The molecule has 2 rings (SSSR count). The van der Waals surface area contributed by atoms with E-state index in [0.29, 0.717) is 0 Å². The van der Waals surface area contributed by atoms with E-state index < -0.39 is 0 Å². The summed E-state index contributed by atoms with van der Waals surface area (Å²) < 4.78 is 0. The third-order valence-electron chi connectivity index (χ3n) is 2.09. The fourth-order valence-corrected chi connectivity index (χ4v) is 1.35. The van der Waals surface area contributed by atoms with Gasteiger partial charge in [-0.2, -0.15) is 0 Å². The summed E-state index contributed by atoms with van der Waals surface area (Å²) in [6.45, 7) is 10.6. The summed E-state index contributed by atoms with van der Waals surface area (Å²) in [5.74, 6) is 0. The zero-order valence-corrected chi connectivity index (χ0v) is 14.7. The molecule has 0 aliphatic rings. The molecular weight excluding hydrogens is 400 g/mol. The maximum absolute atomic E-state index is 7.75. The van der Waals surface area contributed by atoms with Gasteiger partial charge in [0, 0.05) is 12.4 Å². The molecule has 0 aliphatic carbocycles. The third-order valence-corrected chi connectivity index (χ3v) is 2.09. The molecule has 0 N–H and O–H groups in total. The van der Waals surface area contributed by atoms with Crippen LogP contribution in [0.2, 0.25) is 0 Å². The Bertz CT molecular complexity index is 470. The van der Waals surface area contributed by atoms with E-state index in [9.17, 15) is 0 Å². The van der Waals surface area contributed by atoms with Crippen molar-refractivity contribution in [1.29, 1.82) is 0 Å². The Balaban J connectivity index is 0. The molecular formula is C14H14Cl2N2O2Ru. The second-order valence-corrected chi connectivity index (χ2v) is 6.13. The van der Waals surface area contributed by atoms with Crippen LogP contribution in [0.15, 0.2) is 36.7 Å². The monoisotopic (exact) mass is 414 g/mol. The van der Waals surface area contributed by atoms with Gasteiger partial charge in [0.1, 0.15) is 0 Å². The Morgan fingerprint density at radius 2 is 1.14 bits per heavy atom. The van der Waals surface area contributed by atoms with Gasteiger partial charge in [-0.25, -0.2) is 0 Å². The molecule has 21 heavy (non-hydrogen) atoms. The molecule has 2 aromatic heterocycles. The van der Waals surface area contributed by atoms with E-state index in [1.165, 1.54) is 11.1 Å². The summed E-state index contributed by atoms with van der Waals surface area (Å²) in [6.07, 6.45) is 3.63. The second-order valence-electron chi connectivity index (χ2n) is 3.49. The van der Waals surface area contributed by atoms with Gasteiger partial charge in [-0.15, -0.1) is 0 Å². The van der Waals surface area contributed by atoms with E-state index in [0.717, 1.165) is 11.4 Å². The molecule has 0 unspecified atom stereocenters. The zero-order chi connectivity index (χ0) is 16.7. The van der Waals surface area contributed by atoms with Crippen molar-refractivity contribution in [2.75, 3.05) is 0 Å². The van der Waals surface area contributed by atoms with Crippen LogP contribution >= 0.6 is 19.4 Å². The first-order chi connectivity index (χ1) is 10.2. The van der Waals surface area contributed by atoms with Gasteiger partial charge in [0.15, 0.2) is 0 Å². The first-order valence-electron chi connectivity index (χ1n) is 5.35. The zero-order valence-electron chi connectivity index (χ0n) is 11.4. The molecule has 0 radical (unpaired) electrons. The summed E-state index contributed by atoms with van der Waals surface area (Å²) in [6, 6.07) is 8.06. The summed E-state index contributed by atoms with van der Waals surface area (Å²) >= 11 is -0.346. The molecule has 0 bridgehead atoms. The average Bonchev–Trinajstić information content (AvgIpc) is 2.52. The topological polar surface area (TPSA) is 59.9 Å². The van der Waals surface area contributed by atoms with E-state index in [1.807, 2.05) is 36.7 Å². The Morgan fingerprint density at radius 1 is 0.857 bits per heavy atom. The first-order valence-corrected chi connectivity index (χ1v) is 9.83. The Morgan fingerprint density at radius 3 is 1.38 bits per heavy atom. The molecule has 0 fully saturated rings. The van der Waals surface area contributed by atoms with Crippen LogP contribution in [0, 0.1) is 13.8 Å². The van der Waals surface area contributed by atoms with E-state index in [-0.39, 0.29) is 15.1 Å². The summed E-state index contributed by atoms with van der Waals surface area (Å²) in [7, 11) is 9.71. The van der Waals surface area contributed by atoms with Crippen molar-refractivity contribution in [3.8, 4) is 11.4 Å². The average molecular weight is 414 g/mol. The number of pyridine rings is 2. The predicted molar refractivity (Wildman–Crippen MR) is 82.1 cm³/mol. The van der Waals surface area contributed by atoms with Crippen molar-refractivity contribution in [1.82, 2.24) is 9.97 Å². The fourth-order valence-electron chi connectivity index (χ4n) is 1.35. The van der Waals surface area contributed by atoms with Gasteiger partial charge in [-0.3, -0.25) is 23.5 Å². The van der Waals surface area contributed by atoms with Gasteiger partial charge in [-0.1, -0.05) is 0 Å². The second kappa shape index (κ2) is 15.2.